The zero-order chi connectivity index (χ0) is 14.5. The summed E-state index contributed by atoms with van der Waals surface area (Å²) in [5.74, 6) is -0.146. The Balaban J connectivity index is 1.86. The van der Waals surface area contributed by atoms with Crippen molar-refractivity contribution in [3.05, 3.63) is 53.6 Å². The van der Waals surface area contributed by atoms with Crippen molar-refractivity contribution in [2.75, 3.05) is 19.3 Å². The number of hydrogen-bond acceptors (Lipinski definition) is 4. The van der Waals surface area contributed by atoms with Gasteiger partial charge in [0.2, 0.25) is 0 Å². The number of phenolic OH excluding ortho intramolecular Hbond substituents is 2. The van der Waals surface area contributed by atoms with Gasteiger partial charge in [-0.25, -0.2) is 0 Å². The van der Waals surface area contributed by atoms with Crippen LogP contribution in [-0.2, 0) is 13.0 Å². The number of nitrogen functional groups attached to an aromatic ring is 1. The Labute approximate surface area is 119 Å². The largest absolute Gasteiger partial charge is 0.504 e. The van der Waals surface area contributed by atoms with Crippen molar-refractivity contribution in [3.63, 3.8) is 0 Å². The molecule has 4 heteroatoms. The van der Waals surface area contributed by atoms with E-state index in [0.29, 0.717) is 0 Å². The number of benzene rings is 2. The van der Waals surface area contributed by atoms with Gasteiger partial charge in [-0.15, -0.1) is 0 Å². The van der Waals surface area contributed by atoms with Crippen molar-refractivity contribution in [2.24, 2.45) is 0 Å². The second-order valence-corrected chi connectivity index (χ2v) is 5.05. The monoisotopic (exact) mass is 272 g/mol. The summed E-state index contributed by atoms with van der Waals surface area (Å²) in [6.45, 7) is 1.72. The molecule has 0 unspecified atom stereocenters. The maximum absolute atomic E-state index is 9.45. The molecule has 0 saturated heterocycles. The number of likely N-dealkylation sites (N-methyl/N-ethyl adjacent to an activating group) is 1. The average molecular weight is 272 g/mol. The predicted molar refractivity (Wildman–Crippen MR) is 80.7 cm³/mol. The highest BCUT2D eigenvalue weighted by atomic mass is 16.3. The second kappa shape index (κ2) is 6.30. The SMILES string of the molecule is CN(CCc1ccc(O)c(O)c1)Cc1ccc(N)cc1. The molecule has 0 heterocycles. The number of phenols is 2. The molecule has 2 aromatic carbocycles. The predicted octanol–water partition coefficient (Wildman–Crippen LogP) is 2.35. The highest BCUT2D eigenvalue weighted by Crippen LogP contribution is 2.25. The molecular formula is C16H20N2O2. The first kappa shape index (κ1) is 14.2. The molecule has 0 aliphatic carbocycles. The molecule has 20 heavy (non-hydrogen) atoms. The molecule has 2 aromatic rings. The van der Waals surface area contributed by atoms with Crippen molar-refractivity contribution < 1.29 is 10.2 Å². The fourth-order valence-electron chi connectivity index (χ4n) is 2.06. The topological polar surface area (TPSA) is 69.7 Å². The molecule has 0 spiro atoms. The van der Waals surface area contributed by atoms with Gasteiger partial charge >= 0.3 is 0 Å². The summed E-state index contributed by atoms with van der Waals surface area (Å²) in [5.41, 5.74) is 8.66. The first-order valence-electron chi connectivity index (χ1n) is 6.58. The van der Waals surface area contributed by atoms with E-state index in [1.165, 1.54) is 11.6 Å². The molecule has 0 fully saturated rings. The van der Waals surface area contributed by atoms with Gasteiger partial charge in [-0.2, -0.15) is 0 Å². The fraction of sp³-hybridized carbons (Fsp3) is 0.250. The van der Waals surface area contributed by atoms with Gasteiger partial charge in [-0.1, -0.05) is 18.2 Å². The zero-order valence-corrected chi connectivity index (χ0v) is 11.6. The van der Waals surface area contributed by atoms with E-state index < -0.39 is 0 Å². The lowest BCUT2D eigenvalue weighted by Crippen LogP contribution is -2.20. The molecule has 0 aliphatic heterocycles. The van der Waals surface area contributed by atoms with Gasteiger partial charge < -0.3 is 20.8 Å². The lowest BCUT2D eigenvalue weighted by molar-refractivity contribution is 0.331. The van der Waals surface area contributed by atoms with Crippen LogP contribution in [0.15, 0.2) is 42.5 Å². The van der Waals surface area contributed by atoms with E-state index >= 15 is 0 Å². The number of rotatable bonds is 5. The maximum Gasteiger partial charge on any atom is 0.157 e. The molecule has 0 radical (unpaired) electrons. The molecule has 0 bridgehead atoms. The first-order valence-corrected chi connectivity index (χ1v) is 6.58. The molecule has 0 aromatic heterocycles. The highest BCUT2D eigenvalue weighted by molar-refractivity contribution is 5.41. The van der Waals surface area contributed by atoms with Crippen LogP contribution in [0.5, 0.6) is 11.5 Å². The summed E-state index contributed by atoms with van der Waals surface area (Å²) in [6, 6.07) is 12.8. The van der Waals surface area contributed by atoms with Gasteiger partial charge in [0.25, 0.3) is 0 Å². The Morgan fingerprint density at radius 2 is 1.60 bits per heavy atom. The Kier molecular flexibility index (Phi) is 4.48. The number of nitrogens with two attached hydrogens (primary N) is 1. The number of aromatic hydroxyl groups is 2. The van der Waals surface area contributed by atoms with Crippen LogP contribution < -0.4 is 5.73 Å². The van der Waals surface area contributed by atoms with Gasteiger partial charge in [0.05, 0.1) is 0 Å². The van der Waals surface area contributed by atoms with E-state index in [1.807, 2.05) is 30.3 Å². The number of anilines is 1. The average Bonchev–Trinajstić information content (AvgIpc) is 2.43. The van der Waals surface area contributed by atoms with Crippen LogP contribution in [0.1, 0.15) is 11.1 Å². The lowest BCUT2D eigenvalue weighted by atomic mass is 10.1. The molecule has 0 saturated carbocycles. The Morgan fingerprint density at radius 1 is 0.950 bits per heavy atom. The van der Waals surface area contributed by atoms with Crippen molar-refractivity contribution in [1.82, 2.24) is 4.90 Å². The second-order valence-electron chi connectivity index (χ2n) is 5.05. The Morgan fingerprint density at radius 3 is 2.25 bits per heavy atom. The van der Waals surface area contributed by atoms with E-state index in [9.17, 15) is 10.2 Å². The molecule has 0 atom stereocenters. The van der Waals surface area contributed by atoms with Gasteiger partial charge in [0, 0.05) is 18.8 Å². The van der Waals surface area contributed by atoms with Crippen LogP contribution in [0.25, 0.3) is 0 Å². The fourth-order valence-corrected chi connectivity index (χ4v) is 2.06. The summed E-state index contributed by atoms with van der Waals surface area (Å²) >= 11 is 0. The van der Waals surface area contributed by atoms with Crippen LogP contribution in [0.3, 0.4) is 0 Å². The van der Waals surface area contributed by atoms with Crippen LogP contribution in [0.2, 0.25) is 0 Å². The van der Waals surface area contributed by atoms with Crippen LogP contribution in [-0.4, -0.2) is 28.7 Å². The molecule has 0 aliphatic rings. The van der Waals surface area contributed by atoms with E-state index in [-0.39, 0.29) is 11.5 Å². The molecule has 2 rings (SSSR count). The third kappa shape index (κ3) is 3.90. The van der Waals surface area contributed by atoms with E-state index in [2.05, 4.69) is 11.9 Å². The Bertz CT molecular complexity index is 567. The third-order valence-electron chi connectivity index (χ3n) is 3.25. The van der Waals surface area contributed by atoms with Crippen LogP contribution >= 0.6 is 0 Å². The van der Waals surface area contributed by atoms with E-state index in [0.717, 1.165) is 30.8 Å². The minimum Gasteiger partial charge on any atom is -0.504 e. The van der Waals surface area contributed by atoms with Crippen molar-refractivity contribution in [3.8, 4) is 11.5 Å². The Hall–Kier alpha value is -2.20. The molecule has 4 N–H and O–H groups in total. The van der Waals surface area contributed by atoms with E-state index in [4.69, 9.17) is 5.73 Å². The normalized spacial score (nSPS) is 10.9. The van der Waals surface area contributed by atoms with Gasteiger partial charge in [0.1, 0.15) is 0 Å². The first-order chi connectivity index (χ1) is 9.54. The van der Waals surface area contributed by atoms with E-state index in [1.54, 1.807) is 6.07 Å². The quantitative estimate of drug-likeness (QED) is 0.577. The van der Waals surface area contributed by atoms with Crippen molar-refractivity contribution in [1.29, 1.82) is 0 Å². The van der Waals surface area contributed by atoms with Gasteiger partial charge in [-0.3, -0.25) is 0 Å². The van der Waals surface area contributed by atoms with Gasteiger partial charge in [0.15, 0.2) is 11.5 Å². The summed E-state index contributed by atoms with van der Waals surface area (Å²) in [6.07, 6.45) is 0.819. The lowest BCUT2D eigenvalue weighted by Gasteiger charge is -2.17. The van der Waals surface area contributed by atoms with Gasteiger partial charge in [-0.05, 0) is 48.9 Å². The minimum absolute atomic E-state index is 0.0660. The maximum atomic E-state index is 9.45. The summed E-state index contributed by atoms with van der Waals surface area (Å²) in [4.78, 5) is 2.20. The van der Waals surface area contributed by atoms with Crippen LogP contribution in [0.4, 0.5) is 5.69 Å². The van der Waals surface area contributed by atoms with Crippen molar-refractivity contribution >= 4 is 5.69 Å². The smallest absolute Gasteiger partial charge is 0.157 e. The molecule has 0 amide bonds. The summed E-state index contributed by atoms with van der Waals surface area (Å²) in [7, 11) is 2.05. The minimum atomic E-state index is -0.0796. The molecule has 106 valence electrons. The van der Waals surface area contributed by atoms with Crippen LogP contribution in [0, 0.1) is 0 Å². The standard InChI is InChI=1S/C16H20N2O2/c1-18(11-13-2-5-14(17)6-3-13)9-8-12-4-7-15(19)16(20)10-12/h2-7,10,19-20H,8-9,11,17H2,1H3. The number of hydrogen-bond donors (Lipinski definition) is 3. The third-order valence-corrected chi connectivity index (χ3v) is 3.25. The summed E-state index contributed by atoms with van der Waals surface area (Å²) < 4.78 is 0. The molecular weight excluding hydrogens is 252 g/mol. The van der Waals surface area contributed by atoms with Crippen molar-refractivity contribution in [2.45, 2.75) is 13.0 Å². The highest BCUT2D eigenvalue weighted by Gasteiger charge is 2.04. The number of nitrogens with zero attached hydrogens (tertiary/aromatic N) is 1. The zero-order valence-electron chi connectivity index (χ0n) is 11.6. The summed E-state index contributed by atoms with van der Waals surface area (Å²) in [5, 5.41) is 18.7. The molecule has 4 nitrogen and oxygen atoms in total.